The summed E-state index contributed by atoms with van der Waals surface area (Å²) in [5.41, 5.74) is 0.0488. The highest BCUT2D eigenvalue weighted by molar-refractivity contribution is 5.88. The Hall–Kier alpha value is -1.26. The molecule has 1 saturated carbocycles. The van der Waals surface area contributed by atoms with Gasteiger partial charge >= 0.3 is 6.09 Å². The van der Waals surface area contributed by atoms with E-state index in [9.17, 15) is 4.79 Å². The SMILES string of the molecule is CC(C)(C)OC(=O)N1CCN=C(NC2C(C)(C)C2(C)C)C1. The minimum absolute atomic E-state index is 0.254. The van der Waals surface area contributed by atoms with Gasteiger partial charge in [-0.05, 0) is 31.6 Å². The molecule has 0 aromatic rings. The van der Waals surface area contributed by atoms with Crippen LogP contribution in [0.4, 0.5) is 4.79 Å². The first-order chi connectivity index (χ1) is 9.45. The maximum Gasteiger partial charge on any atom is 0.410 e. The lowest BCUT2D eigenvalue weighted by Gasteiger charge is -2.30. The van der Waals surface area contributed by atoms with Gasteiger partial charge in [-0.1, -0.05) is 27.7 Å². The van der Waals surface area contributed by atoms with Gasteiger partial charge in [0.2, 0.25) is 0 Å². The smallest absolute Gasteiger partial charge is 0.410 e. The number of carbonyl (C=O) groups excluding carboxylic acids is 1. The predicted octanol–water partition coefficient (Wildman–Crippen LogP) is 2.66. The van der Waals surface area contributed by atoms with Gasteiger partial charge in [0.25, 0.3) is 0 Å². The first kappa shape index (κ1) is 16.1. The van der Waals surface area contributed by atoms with Gasteiger partial charge < -0.3 is 10.1 Å². The van der Waals surface area contributed by atoms with Gasteiger partial charge in [0.1, 0.15) is 11.4 Å². The van der Waals surface area contributed by atoms with E-state index in [2.05, 4.69) is 38.0 Å². The number of aliphatic imine (C=N–C) groups is 1. The fourth-order valence-electron chi connectivity index (χ4n) is 2.91. The van der Waals surface area contributed by atoms with Gasteiger partial charge in [-0.2, -0.15) is 0 Å². The molecule has 0 spiro atoms. The van der Waals surface area contributed by atoms with E-state index in [0.717, 1.165) is 5.84 Å². The summed E-state index contributed by atoms with van der Waals surface area (Å²) >= 11 is 0. The molecule has 120 valence electrons. The van der Waals surface area contributed by atoms with Crippen molar-refractivity contribution in [3.63, 3.8) is 0 Å². The van der Waals surface area contributed by atoms with Crippen LogP contribution in [0.3, 0.4) is 0 Å². The molecule has 21 heavy (non-hydrogen) atoms. The zero-order chi connectivity index (χ0) is 16.1. The van der Waals surface area contributed by atoms with Gasteiger partial charge in [-0.25, -0.2) is 4.79 Å². The maximum absolute atomic E-state index is 12.1. The molecule has 5 heteroatoms. The van der Waals surface area contributed by atoms with Crippen LogP contribution in [0.1, 0.15) is 48.5 Å². The number of ether oxygens (including phenoxy) is 1. The molecule has 0 radical (unpaired) electrons. The summed E-state index contributed by atoms with van der Waals surface area (Å²) in [4.78, 5) is 18.4. The van der Waals surface area contributed by atoms with Crippen molar-refractivity contribution in [3.05, 3.63) is 0 Å². The number of nitrogens with one attached hydrogen (secondary N) is 1. The van der Waals surface area contributed by atoms with Crippen LogP contribution >= 0.6 is 0 Å². The fraction of sp³-hybridized carbons (Fsp3) is 0.875. The summed E-state index contributed by atoms with van der Waals surface area (Å²) in [6, 6.07) is 0.405. The number of hydrogen-bond donors (Lipinski definition) is 1. The largest absolute Gasteiger partial charge is 0.444 e. The number of amidine groups is 1. The molecular weight excluding hydrogens is 266 g/mol. The van der Waals surface area contributed by atoms with E-state index in [-0.39, 0.29) is 16.9 Å². The van der Waals surface area contributed by atoms with Crippen molar-refractivity contribution in [2.75, 3.05) is 19.6 Å². The highest BCUT2D eigenvalue weighted by atomic mass is 16.6. The molecule has 1 fully saturated rings. The lowest BCUT2D eigenvalue weighted by molar-refractivity contribution is 0.0276. The lowest BCUT2D eigenvalue weighted by Crippen LogP contribution is -2.48. The molecule has 0 aromatic heterocycles. The minimum atomic E-state index is -0.459. The third kappa shape index (κ3) is 3.16. The molecule has 0 unspecified atom stereocenters. The number of rotatable bonds is 1. The second-order valence-electron chi connectivity index (χ2n) is 8.25. The zero-order valence-electron chi connectivity index (χ0n) is 14.4. The van der Waals surface area contributed by atoms with Crippen LogP contribution in [0, 0.1) is 10.8 Å². The third-order valence-corrected chi connectivity index (χ3v) is 5.00. The monoisotopic (exact) mass is 295 g/mol. The highest BCUT2D eigenvalue weighted by Gasteiger charge is 2.65. The summed E-state index contributed by atoms with van der Waals surface area (Å²) in [7, 11) is 0. The molecule has 1 N–H and O–H groups in total. The maximum atomic E-state index is 12.1. The molecule has 1 aliphatic carbocycles. The second-order valence-corrected chi connectivity index (χ2v) is 8.25. The van der Waals surface area contributed by atoms with Crippen molar-refractivity contribution < 1.29 is 9.53 Å². The average molecular weight is 295 g/mol. The molecular formula is C16H29N3O2. The molecule has 0 bridgehead atoms. The van der Waals surface area contributed by atoms with Gasteiger partial charge in [0, 0.05) is 12.6 Å². The highest BCUT2D eigenvalue weighted by Crippen LogP contribution is 2.62. The van der Waals surface area contributed by atoms with Crippen LogP contribution in [-0.2, 0) is 4.74 Å². The van der Waals surface area contributed by atoms with E-state index in [1.165, 1.54) is 0 Å². The Bertz CT molecular complexity index is 447. The van der Waals surface area contributed by atoms with Crippen LogP contribution in [0.2, 0.25) is 0 Å². The van der Waals surface area contributed by atoms with Crippen molar-refractivity contribution in [1.82, 2.24) is 10.2 Å². The Labute approximate surface area is 128 Å². The van der Waals surface area contributed by atoms with Crippen molar-refractivity contribution in [1.29, 1.82) is 0 Å². The average Bonchev–Trinajstić information content (AvgIpc) is 2.70. The normalized spacial score (nSPS) is 24.3. The Morgan fingerprint density at radius 1 is 1.29 bits per heavy atom. The Morgan fingerprint density at radius 2 is 1.86 bits per heavy atom. The summed E-state index contributed by atoms with van der Waals surface area (Å²) in [6.45, 7) is 16.5. The van der Waals surface area contributed by atoms with Gasteiger partial charge in [0.15, 0.2) is 0 Å². The van der Waals surface area contributed by atoms with E-state index >= 15 is 0 Å². The van der Waals surface area contributed by atoms with E-state index < -0.39 is 5.60 Å². The molecule has 5 nitrogen and oxygen atoms in total. The number of nitrogens with zero attached hydrogens (tertiary/aromatic N) is 2. The Balaban J connectivity index is 1.93. The molecule has 2 aliphatic rings. The standard InChI is InChI=1S/C16H29N3O2/c1-14(2,3)21-13(20)19-9-8-17-11(10-19)18-12-15(4,5)16(12,6)7/h12H,8-10H2,1-7H3,(H,17,18). The van der Waals surface area contributed by atoms with Crippen LogP contribution in [0.25, 0.3) is 0 Å². The first-order valence-corrected chi connectivity index (χ1v) is 7.73. The summed E-state index contributed by atoms with van der Waals surface area (Å²) < 4.78 is 5.43. The molecule has 2 rings (SSSR count). The van der Waals surface area contributed by atoms with Crippen LogP contribution in [-0.4, -0.2) is 48.1 Å². The quantitative estimate of drug-likeness (QED) is 0.809. The topological polar surface area (TPSA) is 53.9 Å². The van der Waals surface area contributed by atoms with Crippen molar-refractivity contribution in [2.24, 2.45) is 15.8 Å². The number of carbonyl (C=O) groups is 1. The molecule has 0 aromatic carbocycles. The summed E-state index contributed by atoms with van der Waals surface area (Å²) in [5, 5.41) is 3.52. The molecule has 0 atom stereocenters. The van der Waals surface area contributed by atoms with Gasteiger partial charge in [-0.3, -0.25) is 9.89 Å². The fourth-order valence-corrected chi connectivity index (χ4v) is 2.91. The van der Waals surface area contributed by atoms with E-state index in [1.807, 2.05) is 20.8 Å². The first-order valence-electron chi connectivity index (χ1n) is 7.73. The van der Waals surface area contributed by atoms with Crippen molar-refractivity contribution in [3.8, 4) is 0 Å². The summed E-state index contributed by atoms with van der Waals surface area (Å²) in [5.74, 6) is 0.899. The molecule has 1 aliphatic heterocycles. The van der Waals surface area contributed by atoms with Crippen LogP contribution < -0.4 is 5.32 Å². The van der Waals surface area contributed by atoms with E-state index in [4.69, 9.17) is 4.74 Å². The third-order valence-electron chi connectivity index (χ3n) is 5.00. The predicted molar refractivity (Wildman–Crippen MR) is 84.6 cm³/mol. The Kier molecular flexibility index (Phi) is 3.75. The van der Waals surface area contributed by atoms with Crippen molar-refractivity contribution in [2.45, 2.75) is 60.1 Å². The zero-order valence-corrected chi connectivity index (χ0v) is 14.4. The van der Waals surface area contributed by atoms with E-state index in [0.29, 0.717) is 25.7 Å². The minimum Gasteiger partial charge on any atom is -0.444 e. The number of hydrogen-bond acceptors (Lipinski definition) is 4. The Morgan fingerprint density at radius 3 is 2.33 bits per heavy atom. The second kappa shape index (κ2) is 4.89. The molecule has 1 amide bonds. The van der Waals surface area contributed by atoms with Crippen molar-refractivity contribution >= 4 is 11.9 Å². The van der Waals surface area contributed by atoms with Crippen LogP contribution in [0.15, 0.2) is 4.99 Å². The lowest BCUT2D eigenvalue weighted by atomic mass is 10.0. The van der Waals surface area contributed by atoms with Gasteiger partial charge in [0.05, 0.1) is 13.1 Å². The van der Waals surface area contributed by atoms with E-state index in [1.54, 1.807) is 4.90 Å². The molecule has 1 heterocycles. The number of amides is 1. The molecule has 0 saturated heterocycles. The van der Waals surface area contributed by atoms with Crippen LogP contribution in [0.5, 0.6) is 0 Å². The summed E-state index contributed by atoms with van der Waals surface area (Å²) in [6.07, 6.45) is -0.258. The van der Waals surface area contributed by atoms with Gasteiger partial charge in [-0.15, -0.1) is 0 Å².